The van der Waals surface area contributed by atoms with Gasteiger partial charge in [-0.3, -0.25) is 0 Å². The molecule has 0 aromatic rings. The molecule has 3 N–H and O–H groups in total. The second-order valence-corrected chi connectivity index (χ2v) is 4.20. The summed E-state index contributed by atoms with van der Waals surface area (Å²) < 4.78 is 0. The van der Waals surface area contributed by atoms with Gasteiger partial charge in [-0.1, -0.05) is 6.92 Å². The number of hydrogen-bond acceptors (Lipinski definition) is 2. The molecule has 0 aliphatic rings. The van der Waals surface area contributed by atoms with E-state index < -0.39 is 5.60 Å². The third kappa shape index (κ3) is 2.67. The molecule has 62 valence electrons. The molecule has 0 radical (unpaired) electrons. The summed E-state index contributed by atoms with van der Waals surface area (Å²) in [4.78, 5) is 0. The van der Waals surface area contributed by atoms with Crippen LogP contribution in [0.15, 0.2) is 0 Å². The fourth-order valence-corrected chi connectivity index (χ4v) is 0.910. The van der Waals surface area contributed by atoms with Crippen molar-refractivity contribution in [2.75, 3.05) is 0 Å². The van der Waals surface area contributed by atoms with E-state index in [0.717, 1.165) is 0 Å². The van der Waals surface area contributed by atoms with Crippen LogP contribution in [-0.4, -0.2) is 16.2 Å². The van der Waals surface area contributed by atoms with Crippen molar-refractivity contribution in [2.24, 2.45) is 11.7 Å². The van der Waals surface area contributed by atoms with Crippen molar-refractivity contribution >= 4 is 0 Å². The molecule has 0 aliphatic heterocycles. The molecule has 0 saturated heterocycles. The fraction of sp³-hybridized carbons (Fsp3) is 1.00. The summed E-state index contributed by atoms with van der Waals surface area (Å²) in [6.45, 7) is 9.38. The first-order valence-corrected chi connectivity index (χ1v) is 3.67. The van der Waals surface area contributed by atoms with Gasteiger partial charge in [-0.2, -0.15) is 0 Å². The van der Waals surface area contributed by atoms with Gasteiger partial charge in [0.15, 0.2) is 0 Å². The molecular weight excluding hydrogens is 126 g/mol. The zero-order valence-electron chi connectivity index (χ0n) is 7.60. The van der Waals surface area contributed by atoms with Crippen LogP contribution in [0, 0.1) is 5.92 Å². The predicted octanol–water partition coefficient (Wildman–Crippen LogP) is 1.13. The quantitative estimate of drug-likeness (QED) is 0.612. The Morgan fingerprint density at radius 2 is 1.50 bits per heavy atom. The molecule has 0 heterocycles. The number of nitrogens with two attached hydrogens (primary N) is 1. The van der Waals surface area contributed by atoms with Crippen molar-refractivity contribution in [3.05, 3.63) is 0 Å². The van der Waals surface area contributed by atoms with Crippen molar-refractivity contribution in [3.8, 4) is 0 Å². The highest BCUT2D eigenvalue weighted by Crippen LogP contribution is 2.24. The Kier molecular flexibility index (Phi) is 2.49. The standard InChI is InChI=1S/C8H19NO/c1-6(7(2,3)9)8(4,5)10/h6,10H,9H2,1-5H3. The van der Waals surface area contributed by atoms with Crippen molar-refractivity contribution in [1.29, 1.82) is 0 Å². The number of aliphatic hydroxyl groups is 1. The van der Waals surface area contributed by atoms with Crippen molar-refractivity contribution in [1.82, 2.24) is 0 Å². The average molecular weight is 145 g/mol. The third-order valence-electron chi connectivity index (χ3n) is 2.18. The topological polar surface area (TPSA) is 46.2 Å². The van der Waals surface area contributed by atoms with E-state index in [1.54, 1.807) is 13.8 Å². The number of hydrogen-bond donors (Lipinski definition) is 2. The maximum atomic E-state index is 9.54. The van der Waals surface area contributed by atoms with Gasteiger partial charge in [0.2, 0.25) is 0 Å². The Morgan fingerprint density at radius 1 is 1.20 bits per heavy atom. The molecule has 1 atom stereocenters. The van der Waals surface area contributed by atoms with E-state index in [1.165, 1.54) is 0 Å². The molecule has 0 bridgehead atoms. The summed E-state index contributed by atoms with van der Waals surface area (Å²) in [6, 6.07) is 0. The minimum Gasteiger partial charge on any atom is -0.390 e. The lowest BCUT2D eigenvalue weighted by atomic mass is 9.79. The molecule has 1 unspecified atom stereocenters. The van der Waals surface area contributed by atoms with E-state index in [0.29, 0.717) is 0 Å². The second kappa shape index (κ2) is 2.51. The highest BCUT2D eigenvalue weighted by molar-refractivity contribution is 4.88. The van der Waals surface area contributed by atoms with Crippen LogP contribution >= 0.6 is 0 Å². The van der Waals surface area contributed by atoms with Gasteiger partial charge in [0, 0.05) is 11.5 Å². The zero-order valence-corrected chi connectivity index (χ0v) is 7.60. The SMILES string of the molecule is CC(C(C)(C)N)C(C)(C)O. The minimum absolute atomic E-state index is 0.0972. The monoisotopic (exact) mass is 145 g/mol. The molecule has 10 heavy (non-hydrogen) atoms. The Hall–Kier alpha value is -0.0800. The van der Waals surface area contributed by atoms with Gasteiger partial charge < -0.3 is 10.8 Å². The molecule has 0 fully saturated rings. The summed E-state index contributed by atoms with van der Waals surface area (Å²) in [6.07, 6.45) is 0. The van der Waals surface area contributed by atoms with Gasteiger partial charge in [-0.25, -0.2) is 0 Å². The van der Waals surface area contributed by atoms with Crippen molar-refractivity contribution < 1.29 is 5.11 Å². The van der Waals surface area contributed by atoms with Gasteiger partial charge in [-0.05, 0) is 27.7 Å². The molecule has 0 spiro atoms. The van der Waals surface area contributed by atoms with E-state index in [1.807, 2.05) is 20.8 Å². The normalized spacial score (nSPS) is 17.1. The molecule has 0 aromatic heterocycles. The summed E-state index contributed by atoms with van der Waals surface area (Å²) >= 11 is 0. The molecule has 0 aliphatic carbocycles. The average Bonchev–Trinajstić information content (AvgIpc) is 1.59. The zero-order chi connectivity index (χ0) is 8.58. The van der Waals surface area contributed by atoms with Gasteiger partial charge in [-0.15, -0.1) is 0 Å². The van der Waals surface area contributed by atoms with Crippen LogP contribution in [0.4, 0.5) is 0 Å². The lowest BCUT2D eigenvalue weighted by Gasteiger charge is -2.36. The molecule has 0 rings (SSSR count). The van der Waals surface area contributed by atoms with Crippen LogP contribution in [0.1, 0.15) is 34.6 Å². The summed E-state index contributed by atoms with van der Waals surface area (Å²) in [7, 11) is 0. The van der Waals surface area contributed by atoms with Crippen LogP contribution < -0.4 is 5.73 Å². The molecule has 2 heteroatoms. The lowest BCUT2D eigenvalue weighted by molar-refractivity contribution is -0.00268. The fourth-order valence-electron chi connectivity index (χ4n) is 0.910. The predicted molar refractivity (Wildman–Crippen MR) is 43.7 cm³/mol. The van der Waals surface area contributed by atoms with E-state index in [-0.39, 0.29) is 11.5 Å². The van der Waals surface area contributed by atoms with E-state index in [2.05, 4.69) is 0 Å². The van der Waals surface area contributed by atoms with Gasteiger partial charge in [0.05, 0.1) is 5.60 Å². The molecule has 0 amide bonds. The van der Waals surface area contributed by atoms with Crippen LogP contribution in [0.2, 0.25) is 0 Å². The maximum absolute atomic E-state index is 9.54. The van der Waals surface area contributed by atoms with Crippen molar-refractivity contribution in [2.45, 2.75) is 45.8 Å². The third-order valence-corrected chi connectivity index (χ3v) is 2.18. The van der Waals surface area contributed by atoms with Crippen LogP contribution in [0.5, 0.6) is 0 Å². The van der Waals surface area contributed by atoms with Gasteiger partial charge >= 0.3 is 0 Å². The Morgan fingerprint density at radius 3 is 1.50 bits per heavy atom. The van der Waals surface area contributed by atoms with Gasteiger partial charge in [0.25, 0.3) is 0 Å². The number of rotatable bonds is 2. The van der Waals surface area contributed by atoms with Crippen LogP contribution in [-0.2, 0) is 0 Å². The van der Waals surface area contributed by atoms with Gasteiger partial charge in [0.1, 0.15) is 0 Å². The first kappa shape index (κ1) is 9.92. The molecule has 0 aromatic carbocycles. The summed E-state index contributed by atoms with van der Waals surface area (Å²) in [5.41, 5.74) is 4.82. The van der Waals surface area contributed by atoms with Crippen molar-refractivity contribution in [3.63, 3.8) is 0 Å². The smallest absolute Gasteiger partial charge is 0.0634 e. The molecule has 0 saturated carbocycles. The summed E-state index contributed by atoms with van der Waals surface area (Å²) in [5, 5.41) is 9.54. The minimum atomic E-state index is -0.682. The first-order chi connectivity index (χ1) is 4.15. The van der Waals surface area contributed by atoms with E-state index in [4.69, 9.17) is 5.73 Å². The Labute approximate surface area is 63.4 Å². The van der Waals surface area contributed by atoms with Crippen LogP contribution in [0.25, 0.3) is 0 Å². The second-order valence-electron chi connectivity index (χ2n) is 4.20. The van der Waals surface area contributed by atoms with E-state index in [9.17, 15) is 5.11 Å². The first-order valence-electron chi connectivity index (χ1n) is 3.67. The van der Waals surface area contributed by atoms with E-state index >= 15 is 0 Å². The summed E-state index contributed by atoms with van der Waals surface area (Å²) in [5.74, 6) is 0.0972. The molecule has 2 nitrogen and oxygen atoms in total. The maximum Gasteiger partial charge on any atom is 0.0634 e. The lowest BCUT2D eigenvalue weighted by Crippen LogP contribution is -2.49. The highest BCUT2D eigenvalue weighted by atomic mass is 16.3. The molecular formula is C8H19NO. The Bertz CT molecular complexity index is 93.4. The largest absolute Gasteiger partial charge is 0.390 e. The van der Waals surface area contributed by atoms with Crippen LogP contribution in [0.3, 0.4) is 0 Å². The highest BCUT2D eigenvalue weighted by Gasteiger charge is 2.32. The Balaban J connectivity index is 4.23.